The van der Waals surface area contributed by atoms with Crippen LogP contribution >= 0.6 is 11.6 Å². The van der Waals surface area contributed by atoms with Crippen molar-refractivity contribution in [2.45, 2.75) is 25.6 Å². The van der Waals surface area contributed by atoms with Crippen molar-refractivity contribution in [2.24, 2.45) is 21.8 Å². The van der Waals surface area contributed by atoms with E-state index in [0.29, 0.717) is 12.2 Å². The third-order valence-corrected chi connectivity index (χ3v) is 4.97. The number of nitrogens with zero attached hydrogens (tertiary/aromatic N) is 5. The molecule has 1 aromatic heterocycles. The second-order valence-electron chi connectivity index (χ2n) is 7.23. The molecule has 32 heavy (non-hydrogen) atoms. The number of hydrogen-bond acceptors (Lipinski definition) is 6. The molecule has 164 valence electrons. The van der Waals surface area contributed by atoms with Crippen LogP contribution in [0.1, 0.15) is 24.1 Å². The van der Waals surface area contributed by atoms with Crippen LogP contribution in [-0.4, -0.2) is 27.5 Å². The normalized spacial score (nSPS) is 18.3. The van der Waals surface area contributed by atoms with Crippen LogP contribution in [0.4, 0.5) is 13.2 Å². The van der Waals surface area contributed by atoms with Gasteiger partial charge >= 0.3 is 6.18 Å². The predicted molar refractivity (Wildman–Crippen MR) is 107 cm³/mol. The lowest BCUT2D eigenvalue weighted by Gasteiger charge is -2.17. The first kappa shape index (κ1) is 21.7. The first-order valence-electron chi connectivity index (χ1n) is 9.37. The first-order valence-corrected chi connectivity index (χ1v) is 9.75. The third-order valence-electron chi connectivity index (χ3n) is 4.75. The molecule has 1 atom stereocenters. The van der Waals surface area contributed by atoms with E-state index in [0.717, 1.165) is 29.5 Å². The standard InChI is InChI=1S/C20H13ClF3N5O3/c21-13-3-10(6-25)4-14(5-13)32-15-16(20(22,23)24)27-9-29(19(15)31)8-12-7-26-17(11-1-2-11)28-18(12)30/h3-5,7,9,11-12H,1-2,8H2. The zero-order valence-corrected chi connectivity index (χ0v) is 16.9. The fourth-order valence-corrected chi connectivity index (χ4v) is 3.25. The van der Waals surface area contributed by atoms with Crippen molar-refractivity contribution in [3.8, 4) is 17.6 Å². The summed E-state index contributed by atoms with van der Waals surface area (Å²) in [7, 11) is 0. The molecule has 2 heterocycles. The molecule has 1 unspecified atom stereocenters. The molecule has 0 radical (unpaired) electrons. The number of halogens is 4. The van der Waals surface area contributed by atoms with Crippen molar-refractivity contribution in [1.29, 1.82) is 5.26 Å². The van der Waals surface area contributed by atoms with Crippen LogP contribution < -0.4 is 10.3 Å². The van der Waals surface area contributed by atoms with Crippen molar-refractivity contribution < 1.29 is 22.7 Å². The van der Waals surface area contributed by atoms with Crippen molar-refractivity contribution in [3.05, 3.63) is 51.2 Å². The molecule has 1 amide bonds. The Morgan fingerprint density at radius 1 is 1.25 bits per heavy atom. The number of amidine groups is 1. The number of alkyl halides is 3. The van der Waals surface area contributed by atoms with E-state index in [1.54, 1.807) is 6.07 Å². The highest BCUT2D eigenvalue weighted by molar-refractivity contribution is 6.30. The summed E-state index contributed by atoms with van der Waals surface area (Å²) in [5.41, 5.74) is -2.68. The van der Waals surface area contributed by atoms with Gasteiger partial charge in [-0.1, -0.05) is 11.6 Å². The summed E-state index contributed by atoms with van der Waals surface area (Å²) in [6, 6.07) is 5.36. The number of nitriles is 1. The molecule has 0 bridgehead atoms. The van der Waals surface area contributed by atoms with E-state index < -0.39 is 35.0 Å². The van der Waals surface area contributed by atoms with Gasteiger partial charge in [-0.25, -0.2) is 9.98 Å². The van der Waals surface area contributed by atoms with Gasteiger partial charge in [0.2, 0.25) is 5.75 Å². The van der Waals surface area contributed by atoms with Gasteiger partial charge in [0.05, 0.1) is 23.9 Å². The van der Waals surface area contributed by atoms with E-state index in [4.69, 9.17) is 21.6 Å². The Morgan fingerprint density at radius 2 is 2.00 bits per heavy atom. The Bertz CT molecular complexity index is 1260. The number of aromatic nitrogens is 2. The minimum atomic E-state index is -4.99. The highest BCUT2D eigenvalue weighted by Gasteiger charge is 2.39. The van der Waals surface area contributed by atoms with Crippen LogP contribution in [0, 0.1) is 23.2 Å². The van der Waals surface area contributed by atoms with Gasteiger partial charge in [-0.3, -0.25) is 14.2 Å². The SMILES string of the molecule is N#Cc1cc(Cl)cc(Oc2c(C(F)(F)F)ncn(CC3C=NC(C4CC4)=NC3=O)c2=O)c1. The molecule has 0 spiro atoms. The van der Waals surface area contributed by atoms with Gasteiger partial charge in [-0.05, 0) is 31.0 Å². The van der Waals surface area contributed by atoms with Gasteiger partial charge in [0.25, 0.3) is 11.5 Å². The van der Waals surface area contributed by atoms with Crippen molar-refractivity contribution in [3.63, 3.8) is 0 Å². The number of carbonyl (C=O) groups excluding carboxylic acids is 1. The fraction of sp³-hybridized carbons (Fsp3) is 0.300. The Balaban J connectivity index is 1.68. The van der Waals surface area contributed by atoms with Crippen molar-refractivity contribution in [2.75, 3.05) is 0 Å². The molecule has 2 aliphatic rings. The lowest BCUT2D eigenvalue weighted by molar-refractivity contribution is -0.142. The average Bonchev–Trinajstić information content (AvgIpc) is 3.56. The number of aliphatic imine (C=N–C) groups is 2. The summed E-state index contributed by atoms with van der Waals surface area (Å²) < 4.78 is 46.4. The van der Waals surface area contributed by atoms with E-state index in [2.05, 4.69) is 15.0 Å². The molecular weight excluding hydrogens is 451 g/mol. The molecule has 1 fully saturated rings. The van der Waals surface area contributed by atoms with Crippen LogP contribution in [-0.2, 0) is 17.5 Å². The zero-order valence-electron chi connectivity index (χ0n) is 16.1. The average molecular weight is 464 g/mol. The van der Waals surface area contributed by atoms with Crippen LogP contribution in [0.3, 0.4) is 0 Å². The maximum absolute atomic E-state index is 13.5. The third kappa shape index (κ3) is 4.55. The summed E-state index contributed by atoms with van der Waals surface area (Å²) in [6.07, 6.45) is -1.17. The maximum atomic E-state index is 13.5. The number of ether oxygens (including phenoxy) is 1. The van der Waals surface area contributed by atoms with Gasteiger partial charge in [-0.2, -0.15) is 23.4 Å². The van der Waals surface area contributed by atoms with Gasteiger partial charge in [0.15, 0.2) is 5.69 Å². The number of amides is 1. The second kappa shape index (κ2) is 8.20. The number of rotatable bonds is 5. The lowest BCUT2D eigenvalue weighted by Crippen LogP contribution is -2.32. The first-order chi connectivity index (χ1) is 15.2. The molecule has 12 heteroatoms. The minimum Gasteiger partial charge on any atom is -0.449 e. The Labute approximate surface area is 183 Å². The minimum absolute atomic E-state index is 0.0265. The van der Waals surface area contributed by atoms with Crippen molar-refractivity contribution >= 4 is 29.6 Å². The molecule has 2 aromatic rings. The summed E-state index contributed by atoms with van der Waals surface area (Å²) in [4.78, 5) is 36.5. The second-order valence-corrected chi connectivity index (χ2v) is 7.67. The van der Waals surface area contributed by atoms with Gasteiger partial charge in [0, 0.05) is 23.7 Å². The monoisotopic (exact) mass is 463 g/mol. The van der Waals surface area contributed by atoms with Crippen LogP contribution in [0.5, 0.6) is 11.5 Å². The molecule has 1 aromatic carbocycles. The van der Waals surface area contributed by atoms with E-state index >= 15 is 0 Å². The highest BCUT2D eigenvalue weighted by Crippen LogP contribution is 2.35. The lowest BCUT2D eigenvalue weighted by atomic mass is 10.1. The molecule has 4 rings (SSSR count). The van der Waals surface area contributed by atoms with Gasteiger partial charge in [0.1, 0.15) is 11.6 Å². The van der Waals surface area contributed by atoms with Crippen LogP contribution in [0.2, 0.25) is 5.02 Å². The predicted octanol–water partition coefficient (Wildman–Crippen LogP) is 3.62. The fourth-order valence-electron chi connectivity index (χ4n) is 3.03. The summed E-state index contributed by atoms with van der Waals surface area (Å²) in [5, 5.41) is 9.05. The quantitative estimate of drug-likeness (QED) is 0.672. The molecule has 1 aliphatic carbocycles. The zero-order chi connectivity index (χ0) is 23.0. The smallest absolute Gasteiger partial charge is 0.437 e. The molecule has 1 aliphatic heterocycles. The Hall–Kier alpha value is -3.52. The van der Waals surface area contributed by atoms with E-state index in [1.807, 2.05) is 0 Å². The topological polar surface area (TPSA) is 110 Å². The van der Waals surface area contributed by atoms with Gasteiger partial charge in [-0.15, -0.1) is 0 Å². The molecule has 8 nitrogen and oxygen atoms in total. The number of hydrogen-bond donors (Lipinski definition) is 0. The van der Waals surface area contributed by atoms with Gasteiger partial charge < -0.3 is 4.74 Å². The summed E-state index contributed by atoms with van der Waals surface area (Å²) in [5.74, 6) is -2.23. The van der Waals surface area contributed by atoms with E-state index in [-0.39, 0.29) is 28.8 Å². The largest absolute Gasteiger partial charge is 0.449 e. The molecular formula is C20H13ClF3N5O3. The Morgan fingerprint density at radius 3 is 2.62 bits per heavy atom. The number of benzene rings is 1. The van der Waals surface area contributed by atoms with E-state index in [9.17, 15) is 22.8 Å². The Kier molecular flexibility index (Phi) is 5.56. The van der Waals surface area contributed by atoms with E-state index in [1.165, 1.54) is 12.3 Å². The maximum Gasteiger partial charge on any atom is 0.437 e. The van der Waals surface area contributed by atoms with Crippen molar-refractivity contribution in [1.82, 2.24) is 9.55 Å². The molecule has 0 N–H and O–H groups in total. The summed E-state index contributed by atoms with van der Waals surface area (Å²) in [6.45, 7) is -0.316. The summed E-state index contributed by atoms with van der Waals surface area (Å²) >= 11 is 5.86. The number of carbonyl (C=O) groups is 1. The van der Waals surface area contributed by atoms with Crippen LogP contribution in [0.15, 0.2) is 39.3 Å². The van der Waals surface area contributed by atoms with Crippen LogP contribution in [0.25, 0.3) is 0 Å². The highest BCUT2D eigenvalue weighted by atomic mass is 35.5. The molecule has 0 saturated heterocycles. The molecule has 1 saturated carbocycles.